The molecule has 0 aliphatic carbocycles. The molecule has 4 rings (SSSR count). The van der Waals surface area contributed by atoms with Crippen LogP contribution in [0.1, 0.15) is 34.2 Å². The van der Waals surface area contributed by atoms with Gasteiger partial charge in [-0.05, 0) is 42.7 Å². The molecule has 1 saturated heterocycles. The molecule has 3 aromatic rings. The Morgan fingerprint density at radius 2 is 2.08 bits per heavy atom. The summed E-state index contributed by atoms with van der Waals surface area (Å²) in [4.78, 5) is 21.1. The van der Waals surface area contributed by atoms with E-state index < -0.39 is 0 Å². The van der Waals surface area contributed by atoms with Crippen LogP contribution in [0, 0.1) is 0 Å². The third-order valence-corrected chi connectivity index (χ3v) is 6.16. The van der Waals surface area contributed by atoms with Crippen molar-refractivity contribution in [3.63, 3.8) is 0 Å². The van der Waals surface area contributed by atoms with Crippen molar-refractivity contribution in [1.82, 2.24) is 14.5 Å². The van der Waals surface area contributed by atoms with E-state index >= 15 is 0 Å². The first kappa shape index (κ1) is 16.4. The molecule has 1 aromatic carbocycles. The number of thioether (sulfide) groups is 1. The molecule has 1 aliphatic heterocycles. The third-order valence-electron chi connectivity index (χ3n) is 4.53. The highest BCUT2D eigenvalue weighted by molar-refractivity contribution is 7.98. The van der Waals surface area contributed by atoms with Crippen molar-refractivity contribution in [1.29, 1.82) is 0 Å². The lowest BCUT2D eigenvalue weighted by Crippen LogP contribution is -2.31. The monoisotopic (exact) mass is 369 g/mol. The Morgan fingerprint density at radius 3 is 2.80 bits per heavy atom. The number of amides is 1. The Morgan fingerprint density at radius 1 is 1.24 bits per heavy atom. The lowest BCUT2D eigenvalue weighted by Gasteiger charge is -2.24. The van der Waals surface area contributed by atoms with Crippen LogP contribution in [0.25, 0.3) is 5.69 Å². The molecule has 0 radical (unpaired) electrons. The van der Waals surface area contributed by atoms with Gasteiger partial charge in [0.25, 0.3) is 5.91 Å². The van der Waals surface area contributed by atoms with E-state index in [1.807, 2.05) is 46.1 Å². The minimum atomic E-state index is 0.0625. The number of carbonyl (C=O) groups excluding carboxylic acids is 1. The number of likely N-dealkylation sites (tertiary alicyclic amines) is 1. The predicted molar refractivity (Wildman–Crippen MR) is 103 cm³/mol. The Hall–Kier alpha value is -2.05. The maximum atomic E-state index is 13.3. The number of aromatic nitrogens is 2. The summed E-state index contributed by atoms with van der Waals surface area (Å²) in [7, 11) is 0. The summed E-state index contributed by atoms with van der Waals surface area (Å²) in [5.74, 6) is 0.0625. The minimum Gasteiger partial charge on any atom is -0.329 e. The van der Waals surface area contributed by atoms with Crippen LogP contribution in [0.3, 0.4) is 0 Å². The average Bonchev–Trinajstić information content (AvgIpc) is 3.41. The van der Waals surface area contributed by atoms with Crippen molar-refractivity contribution in [2.45, 2.75) is 24.0 Å². The Bertz CT molecular complexity index is 858. The quantitative estimate of drug-likeness (QED) is 0.629. The van der Waals surface area contributed by atoms with E-state index in [9.17, 15) is 4.79 Å². The normalized spacial score (nSPS) is 17.2. The summed E-state index contributed by atoms with van der Waals surface area (Å²) in [5.41, 5.74) is 1.61. The SMILES string of the molecule is CSc1ncc(C(=O)N2CCCC2c2cccs2)n1-c1ccccc1. The van der Waals surface area contributed by atoms with Crippen LogP contribution in [0.5, 0.6) is 0 Å². The zero-order valence-electron chi connectivity index (χ0n) is 14.0. The van der Waals surface area contributed by atoms with E-state index in [0.717, 1.165) is 30.2 Å². The van der Waals surface area contributed by atoms with Gasteiger partial charge in [-0.3, -0.25) is 9.36 Å². The van der Waals surface area contributed by atoms with E-state index in [0.29, 0.717) is 5.69 Å². The maximum absolute atomic E-state index is 13.3. The summed E-state index contributed by atoms with van der Waals surface area (Å²) in [6.07, 6.45) is 5.77. The second kappa shape index (κ2) is 7.06. The van der Waals surface area contributed by atoms with Crippen LogP contribution in [0.15, 0.2) is 59.2 Å². The van der Waals surface area contributed by atoms with Gasteiger partial charge < -0.3 is 4.90 Å². The second-order valence-corrected chi connectivity index (χ2v) is 7.73. The standard InChI is InChI=1S/C19H19N3OS2/c1-24-19-20-13-16(22(19)14-7-3-2-4-8-14)18(23)21-11-5-9-15(21)17-10-6-12-25-17/h2-4,6-8,10,12-13,15H,5,9,11H2,1H3. The van der Waals surface area contributed by atoms with E-state index in [4.69, 9.17) is 0 Å². The van der Waals surface area contributed by atoms with Gasteiger partial charge in [0.1, 0.15) is 5.69 Å². The number of carbonyl (C=O) groups is 1. The number of hydrogen-bond acceptors (Lipinski definition) is 4. The van der Waals surface area contributed by atoms with Crippen molar-refractivity contribution in [3.05, 3.63) is 64.6 Å². The highest BCUT2D eigenvalue weighted by Gasteiger charge is 2.33. The summed E-state index contributed by atoms with van der Waals surface area (Å²) >= 11 is 3.28. The van der Waals surface area contributed by atoms with Gasteiger partial charge in [0.05, 0.1) is 12.2 Å². The molecule has 1 aliphatic rings. The van der Waals surface area contributed by atoms with E-state index in [-0.39, 0.29) is 11.9 Å². The van der Waals surface area contributed by atoms with E-state index in [1.165, 1.54) is 4.88 Å². The second-order valence-electron chi connectivity index (χ2n) is 5.97. The molecule has 1 fully saturated rings. The van der Waals surface area contributed by atoms with Crippen LogP contribution >= 0.6 is 23.1 Å². The van der Waals surface area contributed by atoms with Crippen LogP contribution < -0.4 is 0 Å². The molecule has 1 unspecified atom stereocenters. The first-order valence-electron chi connectivity index (χ1n) is 8.31. The molecule has 0 saturated carbocycles. The molecule has 25 heavy (non-hydrogen) atoms. The third kappa shape index (κ3) is 3.00. The average molecular weight is 370 g/mol. The van der Waals surface area contributed by atoms with Gasteiger partial charge in [-0.1, -0.05) is 36.0 Å². The van der Waals surface area contributed by atoms with E-state index in [1.54, 1.807) is 29.3 Å². The molecule has 4 nitrogen and oxygen atoms in total. The van der Waals surface area contributed by atoms with Crippen LogP contribution in [-0.2, 0) is 0 Å². The van der Waals surface area contributed by atoms with Crippen LogP contribution in [0.4, 0.5) is 0 Å². The van der Waals surface area contributed by atoms with Gasteiger partial charge in [-0.2, -0.15) is 0 Å². The first-order chi connectivity index (χ1) is 12.3. The van der Waals surface area contributed by atoms with Crippen LogP contribution in [-0.4, -0.2) is 33.2 Å². The van der Waals surface area contributed by atoms with Gasteiger partial charge >= 0.3 is 0 Å². The lowest BCUT2D eigenvalue weighted by atomic mass is 10.2. The van der Waals surface area contributed by atoms with Gasteiger partial charge in [0.15, 0.2) is 5.16 Å². The number of para-hydroxylation sites is 1. The molecule has 0 N–H and O–H groups in total. The number of imidazole rings is 1. The fourth-order valence-corrected chi connectivity index (χ4v) is 4.81. The maximum Gasteiger partial charge on any atom is 0.273 e. The number of hydrogen-bond donors (Lipinski definition) is 0. The highest BCUT2D eigenvalue weighted by atomic mass is 32.2. The molecule has 1 atom stereocenters. The molecule has 6 heteroatoms. The molecule has 0 spiro atoms. The highest BCUT2D eigenvalue weighted by Crippen LogP contribution is 2.36. The molecule has 1 amide bonds. The Balaban J connectivity index is 1.72. The fraction of sp³-hybridized carbons (Fsp3) is 0.263. The number of thiophene rings is 1. The largest absolute Gasteiger partial charge is 0.329 e. The van der Waals surface area contributed by atoms with Crippen molar-refractivity contribution in [3.8, 4) is 5.69 Å². The molecule has 3 heterocycles. The number of nitrogens with zero attached hydrogens (tertiary/aromatic N) is 3. The minimum absolute atomic E-state index is 0.0625. The zero-order valence-corrected chi connectivity index (χ0v) is 15.6. The number of rotatable bonds is 4. The van der Waals surface area contributed by atoms with Gasteiger partial charge in [0.2, 0.25) is 0 Å². The van der Waals surface area contributed by atoms with Gasteiger partial charge in [-0.25, -0.2) is 4.98 Å². The molecule has 128 valence electrons. The smallest absolute Gasteiger partial charge is 0.273 e. The lowest BCUT2D eigenvalue weighted by molar-refractivity contribution is 0.0729. The van der Waals surface area contributed by atoms with Gasteiger partial charge in [0, 0.05) is 17.1 Å². The van der Waals surface area contributed by atoms with E-state index in [2.05, 4.69) is 22.5 Å². The van der Waals surface area contributed by atoms with Crippen LogP contribution in [0.2, 0.25) is 0 Å². The summed E-state index contributed by atoms with van der Waals surface area (Å²) in [6, 6.07) is 14.3. The Labute approximate surface area is 155 Å². The molecule has 0 bridgehead atoms. The predicted octanol–water partition coefficient (Wildman–Crippen LogP) is 4.63. The molecular formula is C19H19N3OS2. The summed E-state index contributed by atoms with van der Waals surface area (Å²) in [6.45, 7) is 0.802. The van der Waals surface area contributed by atoms with Crippen molar-refractivity contribution >= 4 is 29.0 Å². The summed E-state index contributed by atoms with van der Waals surface area (Å²) in [5, 5.41) is 2.91. The summed E-state index contributed by atoms with van der Waals surface area (Å²) < 4.78 is 1.97. The fourth-order valence-electron chi connectivity index (χ4n) is 3.39. The van der Waals surface area contributed by atoms with Crippen molar-refractivity contribution < 1.29 is 4.79 Å². The van der Waals surface area contributed by atoms with Gasteiger partial charge in [-0.15, -0.1) is 11.3 Å². The van der Waals surface area contributed by atoms with Crippen molar-refractivity contribution in [2.75, 3.05) is 12.8 Å². The van der Waals surface area contributed by atoms with Crippen molar-refractivity contribution in [2.24, 2.45) is 0 Å². The Kier molecular flexibility index (Phi) is 4.63. The zero-order chi connectivity index (χ0) is 17.2. The number of benzene rings is 1. The molecular weight excluding hydrogens is 350 g/mol. The first-order valence-corrected chi connectivity index (χ1v) is 10.4. The molecule has 2 aromatic heterocycles. The topological polar surface area (TPSA) is 38.1 Å².